The molecule has 9 nitrogen and oxygen atoms in total. The molecule has 0 radical (unpaired) electrons. The number of hydrogen-bond acceptors (Lipinski definition) is 8. The molecule has 3 fully saturated rings. The van der Waals surface area contributed by atoms with Gasteiger partial charge in [-0.15, -0.1) is 0 Å². The second-order valence-electron chi connectivity index (χ2n) is 12.2. The van der Waals surface area contributed by atoms with Gasteiger partial charge in [-0.1, -0.05) is 6.07 Å². The average Bonchev–Trinajstić information content (AvgIpc) is 3.72. The summed E-state index contributed by atoms with van der Waals surface area (Å²) in [6.45, 7) is 4.62. The lowest BCUT2D eigenvalue weighted by atomic mass is 9.72. The van der Waals surface area contributed by atoms with Crippen LogP contribution in [0.4, 0.5) is 27.5 Å². The van der Waals surface area contributed by atoms with E-state index in [4.69, 9.17) is 4.98 Å². The molecule has 11 heteroatoms. The van der Waals surface area contributed by atoms with Crippen LogP contribution < -0.4 is 10.2 Å². The third-order valence-electron chi connectivity index (χ3n) is 8.43. The molecule has 1 spiro atoms. The number of anilines is 3. The number of piperidine rings is 1. The van der Waals surface area contributed by atoms with Crippen molar-refractivity contribution < 1.29 is 8.60 Å². The van der Waals surface area contributed by atoms with Crippen LogP contribution in [0.15, 0.2) is 53.0 Å². The van der Waals surface area contributed by atoms with Gasteiger partial charge in [0, 0.05) is 71.9 Å². The van der Waals surface area contributed by atoms with E-state index < -0.39 is 9.73 Å². The summed E-state index contributed by atoms with van der Waals surface area (Å²) in [5.41, 5.74) is 3.62. The molecule has 2 aliphatic heterocycles. The number of nitrogens with one attached hydrogen (secondary N) is 1. The Labute approximate surface area is 240 Å². The van der Waals surface area contributed by atoms with Gasteiger partial charge in [-0.25, -0.2) is 18.6 Å². The van der Waals surface area contributed by atoms with Crippen molar-refractivity contribution in [2.24, 2.45) is 9.78 Å². The fraction of sp³-hybridized carbons (Fsp3) is 0.433. The number of aromatic nitrogens is 4. The number of nitrogens with zero attached hydrogens (tertiary/aromatic N) is 7. The molecule has 1 saturated carbocycles. The first-order valence-corrected chi connectivity index (χ1v) is 16.5. The maximum absolute atomic E-state index is 15.7. The Bertz CT molecular complexity index is 1730. The molecule has 4 aromatic rings. The van der Waals surface area contributed by atoms with Crippen molar-refractivity contribution >= 4 is 43.9 Å². The van der Waals surface area contributed by atoms with Gasteiger partial charge in [0.05, 0.1) is 11.1 Å². The molecule has 0 bridgehead atoms. The molecule has 0 atom stereocenters. The minimum atomic E-state index is -2.40. The molecule has 214 valence electrons. The largest absolute Gasteiger partial charge is 0.371 e. The van der Waals surface area contributed by atoms with Gasteiger partial charge in [0.25, 0.3) is 0 Å². The molecule has 0 amide bonds. The number of hydrogen-bond donors (Lipinski definition) is 1. The molecule has 1 N–H and O–H groups in total. The summed E-state index contributed by atoms with van der Waals surface area (Å²) < 4.78 is 34.0. The highest BCUT2D eigenvalue weighted by Gasteiger charge is 2.43. The molecule has 1 aliphatic carbocycles. The van der Waals surface area contributed by atoms with Crippen molar-refractivity contribution in [3.63, 3.8) is 0 Å². The highest BCUT2D eigenvalue weighted by atomic mass is 32.2. The monoisotopic (exact) mass is 574 g/mol. The third-order valence-corrected chi connectivity index (χ3v) is 9.06. The summed E-state index contributed by atoms with van der Waals surface area (Å²) in [5, 5.41) is 3.65. The van der Waals surface area contributed by atoms with Crippen LogP contribution in [0.5, 0.6) is 0 Å². The minimum Gasteiger partial charge on any atom is -0.371 e. The Balaban J connectivity index is 1.16. The maximum atomic E-state index is 15.7. The fourth-order valence-corrected chi connectivity index (χ4v) is 6.96. The van der Waals surface area contributed by atoms with Crippen LogP contribution in [0.25, 0.3) is 16.9 Å². The summed E-state index contributed by atoms with van der Waals surface area (Å²) >= 11 is 0. The van der Waals surface area contributed by atoms with Gasteiger partial charge in [0.2, 0.25) is 5.95 Å². The van der Waals surface area contributed by atoms with Crippen LogP contribution in [0, 0.1) is 11.2 Å². The molecule has 3 aromatic heterocycles. The molecule has 1 aromatic carbocycles. The summed E-state index contributed by atoms with van der Waals surface area (Å²) in [6.07, 6.45) is 8.98. The first-order valence-electron chi connectivity index (χ1n) is 14.2. The molecular formula is C30H35FN8OS. The number of fused-ring (bicyclic) bond motifs is 1. The van der Waals surface area contributed by atoms with Gasteiger partial charge < -0.3 is 15.1 Å². The Hall–Kier alpha value is -3.57. The number of likely N-dealkylation sites (tertiary alicyclic amines) is 1. The number of benzene rings is 1. The van der Waals surface area contributed by atoms with E-state index in [2.05, 4.69) is 48.6 Å². The molecule has 41 heavy (non-hydrogen) atoms. The van der Waals surface area contributed by atoms with Crippen molar-refractivity contribution in [1.82, 2.24) is 24.4 Å². The highest BCUT2D eigenvalue weighted by molar-refractivity contribution is 7.92. The van der Waals surface area contributed by atoms with E-state index >= 15 is 4.39 Å². The van der Waals surface area contributed by atoms with Crippen LogP contribution in [-0.2, 0) is 9.73 Å². The lowest BCUT2D eigenvalue weighted by molar-refractivity contribution is 0.00132. The van der Waals surface area contributed by atoms with E-state index in [0.29, 0.717) is 39.7 Å². The quantitative estimate of drug-likeness (QED) is 0.327. The van der Waals surface area contributed by atoms with Crippen LogP contribution in [0.2, 0.25) is 0 Å². The molecular weight excluding hydrogens is 539 g/mol. The molecule has 5 heterocycles. The minimum absolute atomic E-state index is 0.104. The van der Waals surface area contributed by atoms with Crippen molar-refractivity contribution in [2.45, 2.75) is 31.6 Å². The highest BCUT2D eigenvalue weighted by Crippen LogP contribution is 2.45. The first-order chi connectivity index (χ1) is 19.7. The van der Waals surface area contributed by atoms with Crippen LogP contribution in [0.3, 0.4) is 0 Å². The van der Waals surface area contributed by atoms with Gasteiger partial charge in [-0.05, 0) is 74.5 Å². The van der Waals surface area contributed by atoms with E-state index in [1.807, 2.05) is 12.1 Å². The summed E-state index contributed by atoms with van der Waals surface area (Å²) in [4.78, 5) is 18.7. The summed E-state index contributed by atoms with van der Waals surface area (Å²) in [5.74, 6) is 1.02. The second-order valence-corrected chi connectivity index (χ2v) is 14.7. The summed E-state index contributed by atoms with van der Waals surface area (Å²) in [6, 6.07) is 13.7. The molecule has 3 aliphatic rings. The topological polar surface area (TPSA) is 91.5 Å². The SMILES string of the molecule is CN1CC2(CCN(c3ccc(Nc4ncc5c(F)c(C6CC6)n(-c6cccc(N=S(C)(C)=O)n6)c5n4)cc3)CC2)C1. The van der Waals surface area contributed by atoms with E-state index in [0.717, 1.165) is 31.6 Å². The Morgan fingerprint density at radius 2 is 1.78 bits per heavy atom. The lowest BCUT2D eigenvalue weighted by Gasteiger charge is -2.53. The number of halogens is 1. The Kier molecular flexibility index (Phi) is 6.27. The maximum Gasteiger partial charge on any atom is 0.229 e. The van der Waals surface area contributed by atoms with E-state index in [1.165, 1.54) is 37.8 Å². The number of rotatable bonds is 6. The predicted molar refractivity (Wildman–Crippen MR) is 162 cm³/mol. The average molecular weight is 575 g/mol. The van der Waals surface area contributed by atoms with Crippen molar-refractivity contribution in [2.75, 3.05) is 56.0 Å². The van der Waals surface area contributed by atoms with Crippen LogP contribution >= 0.6 is 0 Å². The van der Waals surface area contributed by atoms with Gasteiger partial charge in [-0.3, -0.25) is 4.57 Å². The number of pyridine rings is 1. The van der Waals surface area contributed by atoms with Crippen molar-refractivity contribution in [3.8, 4) is 5.82 Å². The van der Waals surface area contributed by atoms with E-state index in [-0.39, 0.29) is 11.7 Å². The summed E-state index contributed by atoms with van der Waals surface area (Å²) in [7, 11) is -0.194. The fourth-order valence-electron chi connectivity index (χ4n) is 6.41. The molecule has 7 rings (SSSR count). The zero-order chi connectivity index (χ0) is 28.4. The Morgan fingerprint density at radius 3 is 2.44 bits per heavy atom. The van der Waals surface area contributed by atoms with Gasteiger partial charge in [-0.2, -0.15) is 9.35 Å². The van der Waals surface area contributed by atoms with Gasteiger partial charge in [0.15, 0.2) is 17.3 Å². The zero-order valence-corrected chi connectivity index (χ0v) is 24.5. The van der Waals surface area contributed by atoms with E-state index in [9.17, 15) is 4.21 Å². The van der Waals surface area contributed by atoms with Crippen molar-refractivity contribution in [1.29, 1.82) is 0 Å². The normalized spacial score (nSPS) is 19.0. The van der Waals surface area contributed by atoms with Gasteiger partial charge in [0.1, 0.15) is 5.82 Å². The lowest BCUT2D eigenvalue weighted by Crippen LogP contribution is -2.58. The molecule has 0 unspecified atom stereocenters. The predicted octanol–water partition coefficient (Wildman–Crippen LogP) is 5.47. The smallest absolute Gasteiger partial charge is 0.229 e. The Morgan fingerprint density at radius 1 is 1.05 bits per heavy atom. The second kappa shape index (κ2) is 9.77. The van der Waals surface area contributed by atoms with E-state index in [1.54, 1.807) is 35.3 Å². The first kappa shape index (κ1) is 26.3. The standard InChI is InChI=1S/C30H35FN8OS/c1-37-18-30(19-37)13-15-38(16-14-30)22-11-9-21(10-12-22)33-29-32-17-23-26(31)27(20-7-8-20)39(28(23)35-29)25-6-4-5-24(34-25)36-41(2,3)40/h4-6,9-12,17,20H,7-8,13-16,18-19H2,1-3H3,(H,32,33,35). The van der Waals surface area contributed by atoms with Crippen molar-refractivity contribution in [3.05, 3.63) is 60.2 Å². The van der Waals surface area contributed by atoms with Crippen LogP contribution in [0.1, 0.15) is 37.3 Å². The zero-order valence-electron chi connectivity index (χ0n) is 23.7. The van der Waals surface area contributed by atoms with Crippen LogP contribution in [-0.4, -0.2) is 74.4 Å². The third kappa shape index (κ3) is 5.17. The van der Waals surface area contributed by atoms with Gasteiger partial charge >= 0.3 is 0 Å². The molecule has 2 saturated heterocycles.